The van der Waals surface area contributed by atoms with E-state index in [4.69, 9.17) is 15.3 Å². The molecule has 0 saturated carbocycles. The number of nitrogens with one attached hydrogen (secondary N) is 2. The molecule has 2 amide bonds. The van der Waals surface area contributed by atoms with Gasteiger partial charge in [-0.15, -0.1) is 0 Å². The van der Waals surface area contributed by atoms with Crippen molar-refractivity contribution >= 4 is 11.8 Å². The summed E-state index contributed by atoms with van der Waals surface area (Å²) >= 11 is 0. The van der Waals surface area contributed by atoms with E-state index in [-0.39, 0.29) is 51.3 Å². The first kappa shape index (κ1) is 38.1. The molecule has 0 fully saturated rings. The van der Waals surface area contributed by atoms with Gasteiger partial charge in [0.1, 0.15) is 18.3 Å². The number of pyridine rings is 2. The van der Waals surface area contributed by atoms with Crippen molar-refractivity contribution in [2.45, 2.75) is 52.4 Å². The number of halogens is 2. The molecule has 2 aromatic carbocycles. The highest BCUT2D eigenvalue weighted by atomic mass is 19.1. The van der Waals surface area contributed by atoms with Gasteiger partial charge in [-0.05, 0) is 61.1 Å². The van der Waals surface area contributed by atoms with E-state index in [1.54, 1.807) is 40.0 Å². The lowest BCUT2D eigenvalue weighted by Gasteiger charge is -2.31. The average Bonchev–Trinajstić information content (AvgIpc) is 3.12. The molecule has 51 heavy (non-hydrogen) atoms. The van der Waals surface area contributed by atoms with E-state index in [9.17, 15) is 28.0 Å². The number of rotatable bonds is 15. The Morgan fingerprint density at radius 3 is 1.96 bits per heavy atom. The second-order valence-electron chi connectivity index (χ2n) is 11.8. The molecule has 0 unspecified atom stereocenters. The molecule has 272 valence electrons. The first-order valence-corrected chi connectivity index (χ1v) is 16.9. The monoisotopic (exact) mass is 706 g/mol. The van der Waals surface area contributed by atoms with E-state index >= 15 is 0 Å². The summed E-state index contributed by atoms with van der Waals surface area (Å²) in [5, 5.41) is 2.71. The van der Waals surface area contributed by atoms with Crippen LogP contribution < -0.4 is 36.9 Å². The lowest BCUT2D eigenvalue weighted by atomic mass is 10.1. The Hall–Kier alpha value is -5.66. The van der Waals surface area contributed by atoms with Crippen molar-refractivity contribution in [1.82, 2.24) is 19.6 Å². The van der Waals surface area contributed by atoms with Crippen molar-refractivity contribution < 1.29 is 27.8 Å². The molecule has 4 N–H and O–H groups in total. The van der Waals surface area contributed by atoms with Crippen LogP contribution in [0.15, 0.2) is 82.6 Å². The minimum Gasteiger partial charge on any atom is -0.487 e. The first-order chi connectivity index (χ1) is 24.6. The summed E-state index contributed by atoms with van der Waals surface area (Å²) in [7, 11) is 0. The van der Waals surface area contributed by atoms with Gasteiger partial charge in [0, 0.05) is 37.6 Å². The van der Waals surface area contributed by atoms with Crippen molar-refractivity contribution in [3.8, 4) is 11.5 Å². The van der Waals surface area contributed by atoms with Gasteiger partial charge in [-0.3, -0.25) is 28.5 Å². The molecule has 3 heterocycles. The zero-order valence-corrected chi connectivity index (χ0v) is 28.8. The fourth-order valence-electron chi connectivity index (χ4n) is 5.05. The zero-order valence-electron chi connectivity index (χ0n) is 28.8. The second kappa shape index (κ2) is 18.9. The Labute approximate surface area is 294 Å². The van der Waals surface area contributed by atoms with Crippen molar-refractivity contribution in [2.24, 2.45) is 0 Å². The van der Waals surface area contributed by atoms with Gasteiger partial charge in [-0.25, -0.2) is 8.78 Å². The van der Waals surface area contributed by atoms with Crippen LogP contribution in [0.4, 0.5) is 8.78 Å². The number of nitrogens with two attached hydrogens (primary N) is 1. The van der Waals surface area contributed by atoms with Crippen LogP contribution in [0.25, 0.3) is 0 Å². The molecule has 0 atom stereocenters. The molecule has 12 nitrogen and oxygen atoms in total. The molecule has 4 aromatic rings. The van der Waals surface area contributed by atoms with Gasteiger partial charge >= 0.3 is 0 Å². The molecule has 2 aromatic heterocycles. The second-order valence-corrected chi connectivity index (χ2v) is 11.8. The minimum atomic E-state index is -0.492. The number of hydrogen-bond acceptors (Lipinski definition) is 8. The van der Waals surface area contributed by atoms with Gasteiger partial charge in [0.2, 0.25) is 10.9 Å². The molecule has 1 aliphatic heterocycles. The number of nitrogens with zero attached hydrogens (tertiary/aromatic N) is 3. The molecule has 0 aliphatic carbocycles. The highest BCUT2D eigenvalue weighted by molar-refractivity contribution is 5.96. The number of ether oxygens (including phenoxy) is 2. The summed E-state index contributed by atoms with van der Waals surface area (Å²) in [5.74, 6) is 4.50. The molecule has 0 radical (unpaired) electrons. The van der Waals surface area contributed by atoms with E-state index in [1.807, 2.05) is 13.8 Å². The fourth-order valence-corrected chi connectivity index (χ4v) is 5.05. The number of nitrogen functional groups attached to an aromatic ring is 1. The van der Waals surface area contributed by atoms with E-state index in [1.165, 1.54) is 42.6 Å². The predicted octanol–water partition coefficient (Wildman–Crippen LogP) is 4.22. The van der Waals surface area contributed by atoms with E-state index < -0.39 is 5.91 Å². The largest absolute Gasteiger partial charge is 0.487 e. The SMILES string of the molecule is CCCCOc1c(C(=O)NCCc2ccc(F)cc2)n(N)ccc1=O.CCCCOc1c2n(ccc1=O)NCN(CCc1ccc(F)cc1)C2=O. The summed E-state index contributed by atoms with van der Waals surface area (Å²) in [6, 6.07) is 14.9. The highest BCUT2D eigenvalue weighted by Gasteiger charge is 2.29. The van der Waals surface area contributed by atoms with Crippen molar-refractivity contribution in [2.75, 3.05) is 44.2 Å². The zero-order chi connectivity index (χ0) is 36.8. The topological polar surface area (TPSA) is 150 Å². The Balaban J connectivity index is 0.000000229. The molecule has 0 bridgehead atoms. The Bertz CT molecular complexity index is 1880. The molecule has 0 spiro atoms. The Morgan fingerprint density at radius 2 is 1.35 bits per heavy atom. The van der Waals surface area contributed by atoms with Gasteiger partial charge < -0.3 is 31.0 Å². The summed E-state index contributed by atoms with van der Waals surface area (Å²) in [6.07, 6.45) is 7.41. The van der Waals surface area contributed by atoms with E-state index in [2.05, 4.69) is 10.7 Å². The van der Waals surface area contributed by atoms with Gasteiger partial charge in [0.05, 0.1) is 13.2 Å². The van der Waals surface area contributed by atoms with Crippen molar-refractivity contribution in [3.63, 3.8) is 0 Å². The fraction of sp³-hybridized carbons (Fsp3) is 0.351. The normalized spacial score (nSPS) is 11.9. The summed E-state index contributed by atoms with van der Waals surface area (Å²) < 4.78 is 39.6. The smallest absolute Gasteiger partial charge is 0.277 e. The Kier molecular flexibility index (Phi) is 14.2. The third kappa shape index (κ3) is 10.7. The standard InChI is InChI=1S/C19H22FN3O3.C18H22FN3O3/c1-2-3-12-26-18-16(24)9-11-23-17(18)19(25)22(13-21-23)10-8-14-4-6-15(20)7-5-14;1-2-3-12-25-17-15(23)9-11-22(20)16(17)18(24)21-10-8-13-4-6-14(19)7-5-13/h4-7,9,11,21H,2-3,8,10,12-13H2,1H3;4-7,9,11H,2-3,8,10,12,20H2,1H3,(H,21,24). The van der Waals surface area contributed by atoms with Gasteiger partial charge in [-0.2, -0.15) is 0 Å². The average molecular weight is 707 g/mol. The number of carbonyl (C=O) groups excluding carboxylic acids is 2. The lowest BCUT2D eigenvalue weighted by molar-refractivity contribution is 0.0721. The summed E-state index contributed by atoms with van der Waals surface area (Å²) in [5.41, 5.74) is 4.44. The number of unbranched alkanes of at least 4 members (excludes halogenated alkanes) is 2. The van der Waals surface area contributed by atoms with E-state index in [0.29, 0.717) is 45.8 Å². The summed E-state index contributed by atoms with van der Waals surface area (Å²) in [4.78, 5) is 51.1. The molecule has 5 rings (SSSR count). The van der Waals surface area contributed by atoms with Crippen LogP contribution in [0.5, 0.6) is 11.5 Å². The van der Waals surface area contributed by atoms with Gasteiger partial charge in [0.25, 0.3) is 11.8 Å². The predicted molar refractivity (Wildman–Crippen MR) is 190 cm³/mol. The number of carbonyl (C=O) groups is 2. The number of benzene rings is 2. The summed E-state index contributed by atoms with van der Waals surface area (Å²) in [6.45, 7) is 5.86. The quantitative estimate of drug-likeness (QED) is 0.123. The van der Waals surface area contributed by atoms with E-state index in [0.717, 1.165) is 41.5 Å². The van der Waals surface area contributed by atoms with Crippen LogP contribution in [0, 0.1) is 11.6 Å². The van der Waals surface area contributed by atoms with Gasteiger partial charge in [0.15, 0.2) is 22.9 Å². The van der Waals surface area contributed by atoms with Gasteiger partial charge in [-0.1, -0.05) is 51.0 Å². The van der Waals surface area contributed by atoms with Crippen LogP contribution in [-0.4, -0.2) is 59.0 Å². The van der Waals surface area contributed by atoms with Crippen LogP contribution in [0.2, 0.25) is 0 Å². The van der Waals surface area contributed by atoms with Crippen LogP contribution in [-0.2, 0) is 12.8 Å². The van der Waals surface area contributed by atoms with Crippen molar-refractivity contribution in [3.05, 3.63) is 128 Å². The number of aromatic nitrogens is 2. The highest BCUT2D eigenvalue weighted by Crippen LogP contribution is 2.19. The molecule has 1 aliphatic rings. The third-order valence-corrected chi connectivity index (χ3v) is 7.96. The Morgan fingerprint density at radius 1 is 0.804 bits per heavy atom. The maximum absolute atomic E-state index is 13.0. The first-order valence-electron chi connectivity index (χ1n) is 16.9. The van der Waals surface area contributed by atoms with Crippen LogP contribution in [0.3, 0.4) is 0 Å². The number of fused-ring (bicyclic) bond motifs is 1. The van der Waals surface area contributed by atoms with Crippen LogP contribution >= 0.6 is 0 Å². The number of amides is 2. The molecule has 14 heteroatoms. The maximum Gasteiger partial charge on any atom is 0.277 e. The maximum atomic E-state index is 13.0. The van der Waals surface area contributed by atoms with Crippen LogP contribution in [0.1, 0.15) is 71.6 Å². The van der Waals surface area contributed by atoms with Crippen molar-refractivity contribution in [1.29, 1.82) is 0 Å². The molecule has 0 saturated heterocycles. The molecular formula is C37H44F2N6O6. The molecular weight excluding hydrogens is 662 g/mol. The number of hydrogen-bond donors (Lipinski definition) is 3. The minimum absolute atomic E-state index is 0.0114. The third-order valence-electron chi connectivity index (χ3n) is 7.96. The lowest BCUT2D eigenvalue weighted by Crippen LogP contribution is -2.47.